The highest BCUT2D eigenvalue weighted by Crippen LogP contribution is 2.61. The Morgan fingerprint density at radius 3 is 1.59 bits per heavy atom. The number of alkyl halides is 13. The molecular formula is C14H12F13NO. The summed E-state index contributed by atoms with van der Waals surface area (Å²) >= 11 is 0. The number of amides is 1. The van der Waals surface area contributed by atoms with Crippen molar-refractivity contribution in [2.45, 2.75) is 55.6 Å². The fourth-order valence-electron chi connectivity index (χ4n) is 1.89. The molecule has 2 nitrogen and oxygen atoms in total. The minimum absolute atomic E-state index is 0.322. The molecule has 0 N–H and O–H groups in total. The summed E-state index contributed by atoms with van der Waals surface area (Å²) in [5.41, 5.74) is 0. The van der Waals surface area contributed by atoms with E-state index in [2.05, 4.69) is 11.6 Å². The molecule has 0 aromatic rings. The van der Waals surface area contributed by atoms with Crippen LogP contribution in [0.3, 0.4) is 0 Å². The maximum absolute atomic E-state index is 14.0. The molecule has 15 heteroatoms. The maximum Gasteiger partial charge on any atom is 0.460 e. The van der Waals surface area contributed by atoms with Crippen LogP contribution in [0, 0.1) is 5.92 Å². The summed E-state index contributed by atoms with van der Waals surface area (Å²) in [4.78, 5) is 13.5. The number of rotatable bonds is 9. The standard InChI is InChI=1S/C14H12F13NO/c1-3-5-7(6-28-8(29)4-2)9(15,16)10(17,18)11(19,20)12(21,22)13(23,24)14(25,26)27/h4,6-7H,2-3,5H2,1H3. The van der Waals surface area contributed by atoms with E-state index in [1.165, 1.54) is 0 Å². The third-order valence-corrected chi connectivity index (χ3v) is 3.58. The van der Waals surface area contributed by atoms with Gasteiger partial charge in [0.15, 0.2) is 0 Å². The predicted octanol–water partition coefficient (Wildman–Crippen LogP) is 5.92. The van der Waals surface area contributed by atoms with Gasteiger partial charge in [-0.05, 0) is 12.5 Å². The van der Waals surface area contributed by atoms with Gasteiger partial charge in [0.25, 0.3) is 5.91 Å². The zero-order valence-corrected chi connectivity index (χ0v) is 14.1. The van der Waals surface area contributed by atoms with Crippen LogP contribution in [0.5, 0.6) is 0 Å². The van der Waals surface area contributed by atoms with Gasteiger partial charge in [0.1, 0.15) is 0 Å². The van der Waals surface area contributed by atoms with Gasteiger partial charge >= 0.3 is 35.8 Å². The number of nitrogens with zero attached hydrogens (tertiary/aromatic N) is 1. The summed E-state index contributed by atoms with van der Waals surface area (Å²) in [5.74, 6) is -42.0. The first-order valence-corrected chi connectivity index (χ1v) is 7.33. The lowest BCUT2D eigenvalue weighted by Crippen LogP contribution is -2.71. The van der Waals surface area contributed by atoms with Crippen molar-refractivity contribution in [3.8, 4) is 0 Å². The Hall–Kier alpha value is -1.83. The van der Waals surface area contributed by atoms with Crippen molar-refractivity contribution in [1.29, 1.82) is 0 Å². The quantitative estimate of drug-likeness (QED) is 0.240. The second-order valence-corrected chi connectivity index (χ2v) is 5.63. The largest absolute Gasteiger partial charge is 0.460 e. The smallest absolute Gasteiger partial charge is 0.268 e. The molecule has 0 rings (SSSR count). The molecular weight excluding hydrogens is 445 g/mol. The van der Waals surface area contributed by atoms with E-state index in [1.807, 2.05) is 0 Å². The highest BCUT2D eigenvalue weighted by atomic mass is 19.4. The van der Waals surface area contributed by atoms with Gasteiger partial charge in [-0.15, -0.1) is 0 Å². The number of carbonyl (C=O) groups is 1. The van der Waals surface area contributed by atoms with E-state index >= 15 is 0 Å². The van der Waals surface area contributed by atoms with Crippen LogP contribution in [0.15, 0.2) is 17.6 Å². The normalized spacial score (nSPS) is 16.2. The van der Waals surface area contributed by atoms with Crippen molar-refractivity contribution in [1.82, 2.24) is 0 Å². The maximum atomic E-state index is 14.0. The molecule has 0 spiro atoms. The van der Waals surface area contributed by atoms with Crippen molar-refractivity contribution >= 4 is 12.1 Å². The van der Waals surface area contributed by atoms with E-state index in [4.69, 9.17) is 0 Å². The van der Waals surface area contributed by atoms with Crippen LogP contribution in [0.1, 0.15) is 19.8 Å². The molecule has 0 fully saturated rings. The van der Waals surface area contributed by atoms with E-state index in [9.17, 15) is 61.9 Å². The Balaban J connectivity index is 6.48. The fraction of sp³-hybridized carbons (Fsp3) is 0.714. The first-order chi connectivity index (χ1) is 12.7. The van der Waals surface area contributed by atoms with Crippen LogP contribution in [0.4, 0.5) is 57.1 Å². The van der Waals surface area contributed by atoms with Gasteiger partial charge in [-0.25, -0.2) is 4.99 Å². The topological polar surface area (TPSA) is 29.4 Å². The molecule has 0 aliphatic heterocycles. The Bertz CT molecular complexity index is 636. The van der Waals surface area contributed by atoms with Gasteiger partial charge in [-0.2, -0.15) is 57.1 Å². The van der Waals surface area contributed by atoms with Crippen molar-refractivity contribution in [3.05, 3.63) is 12.7 Å². The number of carbonyl (C=O) groups excluding carboxylic acids is 1. The third-order valence-electron chi connectivity index (χ3n) is 3.58. The van der Waals surface area contributed by atoms with Crippen molar-refractivity contribution in [3.63, 3.8) is 0 Å². The summed E-state index contributed by atoms with van der Waals surface area (Å²) in [6.45, 7) is 3.83. The van der Waals surface area contributed by atoms with Crippen LogP contribution in [0.25, 0.3) is 0 Å². The Labute approximate surface area is 154 Å². The average Bonchev–Trinajstić information content (AvgIpc) is 2.56. The number of hydrogen-bond acceptors (Lipinski definition) is 1. The second-order valence-electron chi connectivity index (χ2n) is 5.63. The molecule has 1 atom stereocenters. The van der Waals surface area contributed by atoms with Crippen molar-refractivity contribution < 1.29 is 61.9 Å². The number of aliphatic imine (C=N–C) groups is 1. The van der Waals surface area contributed by atoms with Crippen LogP contribution >= 0.6 is 0 Å². The Morgan fingerprint density at radius 2 is 1.24 bits per heavy atom. The zero-order chi connectivity index (χ0) is 23.7. The minimum atomic E-state index is -7.96. The first kappa shape index (κ1) is 27.2. The summed E-state index contributed by atoms with van der Waals surface area (Å²) in [7, 11) is 0. The van der Waals surface area contributed by atoms with E-state index in [0.29, 0.717) is 6.08 Å². The highest BCUT2D eigenvalue weighted by Gasteiger charge is 2.91. The minimum Gasteiger partial charge on any atom is -0.268 e. The van der Waals surface area contributed by atoms with Gasteiger partial charge < -0.3 is 0 Å². The lowest BCUT2D eigenvalue weighted by molar-refractivity contribution is -0.441. The lowest BCUT2D eigenvalue weighted by Gasteiger charge is -2.41. The molecule has 0 bridgehead atoms. The first-order valence-electron chi connectivity index (χ1n) is 7.33. The summed E-state index contributed by atoms with van der Waals surface area (Å²) in [6, 6.07) is 0. The van der Waals surface area contributed by atoms with Crippen LogP contribution in [0.2, 0.25) is 0 Å². The summed E-state index contributed by atoms with van der Waals surface area (Å²) < 4.78 is 170. The predicted molar refractivity (Wildman–Crippen MR) is 72.9 cm³/mol. The van der Waals surface area contributed by atoms with E-state index in [1.54, 1.807) is 0 Å². The zero-order valence-electron chi connectivity index (χ0n) is 14.1. The Kier molecular flexibility index (Phi) is 7.61. The van der Waals surface area contributed by atoms with Gasteiger partial charge in [0, 0.05) is 6.21 Å². The molecule has 1 unspecified atom stereocenters. The molecule has 0 heterocycles. The summed E-state index contributed by atoms with van der Waals surface area (Å²) in [6.07, 6.45) is -9.13. The van der Waals surface area contributed by atoms with Gasteiger partial charge in [-0.1, -0.05) is 19.9 Å². The lowest BCUT2D eigenvalue weighted by atomic mass is 9.86. The molecule has 0 saturated heterocycles. The fourth-order valence-corrected chi connectivity index (χ4v) is 1.89. The molecule has 0 aromatic heterocycles. The number of hydrogen-bond donors (Lipinski definition) is 0. The second kappa shape index (κ2) is 8.13. The molecule has 0 aliphatic rings. The van der Waals surface area contributed by atoms with Gasteiger partial charge in [0.2, 0.25) is 0 Å². The average molecular weight is 457 g/mol. The van der Waals surface area contributed by atoms with Gasteiger partial charge in [-0.3, -0.25) is 4.79 Å². The molecule has 0 aromatic carbocycles. The molecule has 0 radical (unpaired) electrons. The van der Waals surface area contributed by atoms with Gasteiger partial charge in [0.05, 0.1) is 5.92 Å². The third kappa shape index (κ3) is 4.37. The molecule has 29 heavy (non-hydrogen) atoms. The van der Waals surface area contributed by atoms with E-state index in [-0.39, 0.29) is 6.21 Å². The molecule has 170 valence electrons. The van der Waals surface area contributed by atoms with Crippen LogP contribution in [-0.4, -0.2) is 47.9 Å². The Morgan fingerprint density at radius 1 is 0.828 bits per heavy atom. The van der Waals surface area contributed by atoms with E-state index in [0.717, 1.165) is 6.92 Å². The van der Waals surface area contributed by atoms with Crippen LogP contribution < -0.4 is 0 Å². The monoisotopic (exact) mass is 457 g/mol. The molecule has 0 saturated carbocycles. The van der Waals surface area contributed by atoms with Crippen molar-refractivity contribution in [2.75, 3.05) is 0 Å². The number of halogens is 13. The van der Waals surface area contributed by atoms with Crippen molar-refractivity contribution in [2.24, 2.45) is 10.9 Å². The summed E-state index contributed by atoms with van der Waals surface area (Å²) in [5, 5.41) is 0. The SMILES string of the molecule is C=CC(=O)N=CC(CCC)C(F)(F)C(F)(F)C(F)(F)C(F)(F)C(F)(F)C(F)(F)F. The molecule has 0 aliphatic carbocycles. The highest BCUT2D eigenvalue weighted by molar-refractivity contribution is 5.93. The van der Waals surface area contributed by atoms with Crippen LogP contribution in [-0.2, 0) is 4.79 Å². The molecule has 1 amide bonds. The van der Waals surface area contributed by atoms with E-state index < -0.39 is 60.5 Å².